The van der Waals surface area contributed by atoms with Crippen LogP contribution in [0.5, 0.6) is 0 Å². The molecule has 2 aromatic rings. The molecular formula is C24H31N5O3. The van der Waals surface area contributed by atoms with Gasteiger partial charge in [-0.1, -0.05) is 6.92 Å². The van der Waals surface area contributed by atoms with Crippen LogP contribution in [-0.2, 0) is 4.74 Å². The Hall–Kier alpha value is -3.03. The van der Waals surface area contributed by atoms with Gasteiger partial charge in [-0.2, -0.15) is 0 Å². The highest BCUT2D eigenvalue weighted by atomic mass is 16.6. The number of ether oxygens (including phenoxy) is 1. The number of nitrogens with zero attached hydrogens (tertiary/aromatic N) is 4. The van der Waals surface area contributed by atoms with Gasteiger partial charge in [-0.3, -0.25) is 4.79 Å². The Kier molecular flexibility index (Phi) is 5.88. The summed E-state index contributed by atoms with van der Waals surface area (Å²) in [4.78, 5) is 41.3. The van der Waals surface area contributed by atoms with Crippen LogP contribution in [0.4, 0.5) is 4.79 Å². The lowest BCUT2D eigenvalue weighted by Gasteiger charge is -2.57. The van der Waals surface area contributed by atoms with Gasteiger partial charge < -0.3 is 15.0 Å². The Bertz CT molecular complexity index is 998. The highest BCUT2D eigenvalue weighted by molar-refractivity contribution is 5.98. The third-order valence-corrected chi connectivity index (χ3v) is 6.38. The van der Waals surface area contributed by atoms with Crippen LogP contribution in [0.15, 0.2) is 30.6 Å². The normalized spacial score (nSPS) is 24.5. The maximum absolute atomic E-state index is 13.9. The van der Waals surface area contributed by atoms with Crippen molar-refractivity contribution in [1.29, 1.82) is 0 Å². The van der Waals surface area contributed by atoms with Gasteiger partial charge in [0.2, 0.25) is 0 Å². The molecule has 32 heavy (non-hydrogen) atoms. The highest BCUT2D eigenvalue weighted by Gasteiger charge is 2.51. The summed E-state index contributed by atoms with van der Waals surface area (Å²) in [7, 11) is 0. The van der Waals surface area contributed by atoms with Crippen molar-refractivity contribution in [3.8, 4) is 11.4 Å². The van der Waals surface area contributed by atoms with Gasteiger partial charge in [-0.25, -0.2) is 19.7 Å². The Labute approximate surface area is 188 Å². The van der Waals surface area contributed by atoms with Crippen LogP contribution >= 0.6 is 0 Å². The summed E-state index contributed by atoms with van der Waals surface area (Å²) in [6, 6.07) is 5.49. The second-order valence-electron chi connectivity index (χ2n) is 9.83. The molecule has 5 rings (SSSR count). The number of nitrogens with one attached hydrogen (secondary N) is 1. The zero-order valence-electron chi connectivity index (χ0n) is 19.3. The lowest BCUT2D eigenvalue weighted by molar-refractivity contribution is -0.0546. The van der Waals surface area contributed by atoms with Gasteiger partial charge in [0.05, 0.1) is 11.6 Å². The van der Waals surface area contributed by atoms with E-state index in [1.54, 1.807) is 18.5 Å². The molecule has 8 nitrogen and oxygen atoms in total. The molecular weight excluding hydrogens is 406 g/mol. The standard InChI is InChI=1S/C24H31N5O3/c1-14-7-8-18(21-25-9-6-10-26-21)20(28-14)22(30)29-17-11-16(12-17)15(2)19(29)13-27-23(31)32-24(3,4)5/h6-10,15-17,19H,11-13H2,1-5H3,(H,27,31)/t15-,16?,17?,19-/m1/s1. The van der Waals surface area contributed by atoms with Crippen LogP contribution in [0.3, 0.4) is 0 Å². The van der Waals surface area contributed by atoms with Crippen molar-refractivity contribution in [3.63, 3.8) is 0 Å². The van der Waals surface area contributed by atoms with E-state index in [4.69, 9.17) is 4.74 Å². The number of amides is 2. The fourth-order valence-electron chi connectivity index (χ4n) is 4.69. The number of piperidine rings is 2. The van der Waals surface area contributed by atoms with Crippen LogP contribution < -0.4 is 5.32 Å². The predicted octanol–water partition coefficient (Wildman–Crippen LogP) is 3.61. The van der Waals surface area contributed by atoms with Crippen molar-refractivity contribution in [1.82, 2.24) is 25.2 Å². The van der Waals surface area contributed by atoms with E-state index < -0.39 is 11.7 Å². The van der Waals surface area contributed by atoms with Crippen LogP contribution in [0.1, 0.15) is 56.7 Å². The average Bonchev–Trinajstić information content (AvgIpc) is 2.70. The summed E-state index contributed by atoms with van der Waals surface area (Å²) in [6.45, 7) is 9.86. The SMILES string of the molecule is Cc1ccc(-c2ncccn2)c(C(=O)N2C3CC(C3)[C@@H](C)[C@H]2CNC(=O)OC(C)(C)C)n1. The molecule has 8 heteroatoms. The average molecular weight is 438 g/mol. The number of hydrogen-bond donors (Lipinski definition) is 1. The molecule has 0 radical (unpaired) electrons. The second-order valence-corrected chi connectivity index (χ2v) is 9.83. The van der Waals surface area contributed by atoms with Gasteiger partial charge in [0.25, 0.3) is 5.91 Å². The van der Waals surface area contributed by atoms with Gasteiger partial charge in [0.15, 0.2) is 5.82 Å². The fourth-order valence-corrected chi connectivity index (χ4v) is 4.69. The van der Waals surface area contributed by atoms with Gasteiger partial charge in [-0.05, 0) is 70.6 Å². The molecule has 170 valence electrons. The number of pyridine rings is 1. The van der Waals surface area contributed by atoms with Crippen LogP contribution in [0.2, 0.25) is 0 Å². The fraction of sp³-hybridized carbons (Fsp3) is 0.542. The number of carbonyl (C=O) groups is 2. The Morgan fingerprint density at radius 1 is 1.19 bits per heavy atom. The van der Waals surface area contributed by atoms with Crippen molar-refractivity contribution < 1.29 is 14.3 Å². The van der Waals surface area contributed by atoms with Gasteiger partial charge in [-0.15, -0.1) is 0 Å². The number of fused-ring (bicyclic) bond motifs is 2. The smallest absolute Gasteiger partial charge is 0.407 e. The number of rotatable bonds is 4. The molecule has 4 heterocycles. The third-order valence-electron chi connectivity index (χ3n) is 6.38. The van der Waals surface area contributed by atoms with E-state index in [1.807, 2.05) is 44.7 Å². The molecule has 0 aromatic carbocycles. The third kappa shape index (κ3) is 4.45. The summed E-state index contributed by atoms with van der Waals surface area (Å²) in [5.41, 5.74) is 1.16. The largest absolute Gasteiger partial charge is 0.444 e. The summed E-state index contributed by atoms with van der Waals surface area (Å²) in [6.07, 6.45) is 4.81. The minimum atomic E-state index is -0.573. The lowest BCUT2D eigenvalue weighted by atomic mass is 9.64. The first-order valence-corrected chi connectivity index (χ1v) is 11.2. The van der Waals surface area contributed by atoms with Crippen LogP contribution in [-0.4, -0.2) is 56.1 Å². The van der Waals surface area contributed by atoms with Crippen LogP contribution in [0.25, 0.3) is 11.4 Å². The predicted molar refractivity (Wildman–Crippen MR) is 120 cm³/mol. The van der Waals surface area contributed by atoms with Crippen molar-refractivity contribution in [2.24, 2.45) is 11.8 Å². The lowest BCUT2D eigenvalue weighted by Crippen LogP contribution is -2.65. The molecule has 3 fully saturated rings. The monoisotopic (exact) mass is 437 g/mol. The van der Waals surface area contributed by atoms with E-state index in [2.05, 4.69) is 27.2 Å². The van der Waals surface area contributed by atoms with Crippen molar-refractivity contribution >= 4 is 12.0 Å². The van der Waals surface area contributed by atoms with Crippen molar-refractivity contribution in [3.05, 3.63) is 42.0 Å². The number of aryl methyl sites for hydroxylation is 1. The minimum Gasteiger partial charge on any atom is -0.444 e. The molecule has 2 aromatic heterocycles. The molecule has 0 spiro atoms. The molecule has 0 unspecified atom stereocenters. The van der Waals surface area contributed by atoms with Gasteiger partial charge in [0, 0.05) is 30.7 Å². The van der Waals surface area contributed by atoms with Crippen LogP contribution in [0, 0.1) is 18.8 Å². The molecule has 2 amide bonds. The number of hydrogen-bond acceptors (Lipinski definition) is 6. The summed E-state index contributed by atoms with van der Waals surface area (Å²) >= 11 is 0. The molecule has 1 aliphatic carbocycles. The van der Waals surface area contributed by atoms with Gasteiger partial charge >= 0.3 is 6.09 Å². The van der Waals surface area contributed by atoms with E-state index in [0.717, 1.165) is 18.5 Å². The molecule has 3 aliphatic rings. The summed E-state index contributed by atoms with van der Waals surface area (Å²) in [5.74, 6) is 1.17. The number of carbonyl (C=O) groups excluding carboxylic acids is 2. The molecule has 2 aliphatic heterocycles. The molecule has 1 N–H and O–H groups in total. The maximum Gasteiger partial charge on any atom is 0.407 e. The molecule has 2 atom stereocenters. The van der Waals surface area contributed by atoms with Gasteiger partial charge in [0.1, 0.15) is 11.3 Å². The highest BCUT2D eigenvalue weighted by Crippen LogP contribution is 2.47. The molecule has 1 saturated carbocycles. The van der Waals surface area contributed by atoms with Crippen molar-refractivity contribution in [2.45, 2.75) is 65.1 Å². The molecule has 2 bridgehead atoms. The maximum atomic E-state index is 13.9. The Morgan fingerprint density at radius 3 is 2.53 bits per heavy atom. The number of aromatic nitrogens is 3. The minimum absolute atomic E-state index is 0.126. The molecule has 2 saturated heterocycles. The topological polar surface area (TPSA) is 97.3 Å². The second kappa shape index (κ2) is 8.48. The summed E-state index contributed by atoms with van der Waals surface area (Å²) < 4.78 is 5.39. The summed E-state index contributed by atoms with van der Waals surface area (Å²) in [5, 5.41) is 2.87. The van der Waals surface area contributed by atoms with E-state index in [1.165, 1.54) is 0 Å². The first-order chi connectivity index (χ1) is 15.1. The van der Waals surface area contributed by atoms with E-state index >= 15 is 0 Å². The quantitative estimate of drug-likeness (QED) is 0.785. The Balaban J connectivity index is 1.61. The van der Waals surface area contributed by atoms with E-state index in [0.29, 0.717) is 29.5 Å². The number of alkyl carbamates (subject to hydrolysis) is 1. The zero-order valence-corrected chi connectivity index (χ0v) is 19.3. The zero-order chi connectivity index (χ0) is 23.0. The Morgan fingerprint density at radius 2 is 1.88 bits per heavy atom. The van der Waals surface area contributed by atoms with E-state index in [9.17, 15) is 9.59 Å². The first-order valence-electron chi connectivity index (χ1n) is 11.2. The first kappa shape index (κ1) is 22.2. The van der Waals surface area contributed by atoms with E-state index in [-0.39, 0.29) is 23.9 Å². The van der Waals surface area contributed by atoms with Crippen molar-refractivity contribution in [2.75, 3.05) is 6.54 Å².